The molecule has 2 N–H and O–H groups in total. The van der Waals surface area contributed by atoms with E-state index in [1.807, 2.05) is 18.2 Å². The zero-order valence-electron chi connectivity index (χ0n) is 10.6. The lowest BCUT2D eigenvalue weighted by atomic mass is 9.99. The molecule has 0 spiro atoms. The molecule has 100 valence electrons. The SMILES string of the molecule is COc1ccc(Br)c(-c2nc3c(s2)CCCC3N)c1. The van der Waals surface area contributed by atoms with E-state index in [4.69, 9.17) is 15.5 Å². The third-order valence-corrected chi connectivity index (χ3v) is 5.26. The molecule has 3 nitrogen and oxygen atoms in total. The number of ether oxygens (including phenoxy) is 1. The maximum absolute atomic E-state index is 6.14. The van der Waals surface area contributed by atoms with Gasteiger partial charge in [-0.3, -0.25) is 0 Å². The topological polar surface area (TPSA) is 48.1 Å². The van der Waals surface area contributed by atoms with Gasteiger partial charge >= 0.3 is 0 Å². The highest BCUT2D eigenvalue weighted by atomic mass is 79.9. The molecule has 0 saturated heterocycles. The molecule has 1 heterocycles. The summed E-state index contributed by atoms with van der Waals surface area (Å²) in [6.07, 6.45) is 3.30. The summed E-state index contributed by atoms with van der Waals surface area (Å²) < 4.78 is 6.32. The zero-order chi connectivity index (χ0) is 13.4. The fourth-order valence-electron chi connectivity index (χ4n) is 2.36. The van der Waals surface area contributed by atoms with Gasteiger partial charge in [0.25, 0.3) is 0 Å². The molecular weight excluding hydrogens is 324 g/mol. The summed E-state index contributed by atoms with van der Waals surface area (Å²) in [6.45, 7) is 0. The Kier molecular flexibility index (Phi) is 3.60. The summed E-state index contributed by atoms with van der Waals surface area (Å²) >= 11 is 5.33. The Morgan fingerprint density at radius 3 is 3.05 bits per heavy atom. The van der Waals surface area contributed by atoms with Gasteiger partial charge in [-0.05, 0) is 37.5 Å². The highest BCUT2D eigenvalue weighted by molar-refractivity contribution is 9.10. The first-order valence-electron chi connectivity index (χ1n) is 6.28. The first-order valence-corrected chi connectivity index (χ1v) is 7.89. The van der Waals surface area contributed by atoms with Crippen LogP contribution in [0.2, 0.25) is 0 Å². The summed E-state index contributed by atoms with van der Waals surface area (Å²) in [5.41, 5.74) is 8.30. The summed E-state index contributed by atoms with van der Waals surface area (Å²) in [4.78, 5) is 6.08. The van der Waals surface area contributed by atoms with E-state index in [0.29, 0.717) is 0 Å². The molecule has 1 aliphatic carbocycles. The molecule has 1 unspecified atom stereocenters. The molecule has 19 heavy (non-hydrogen) atoms. The van der Waals surface area contributed by atoms with E-state index in [-0.39, 0.29) is 6.04 Å². The second kappa shape index (κ2) is 5.23. The van der Waals surface area contributed by atoms with Gasteiger partial charge in [-0.2, -0.15) is 0 Å². The van der Waals surface area contributed by atoms with Gasteiger partial charge in [0.1, 0.15) is 10.8 Å². The van der Waals surface area contributed by atoms with Crippen LogP contribution in [0.1, 0.15) is 29.5 Å². The molecule has 3 rings (SSSR count). The van der Waals surface area contributed by atoms with Crippen LogP contribution in [-0.4, -0.2) is 12.1 Å². The molecule has 1 atom stereocenters. The fourth-order valence-corrected chi connectivity index (χ4v) is 4.13. The molecule has 0 aliphatic heterocycles. The van der Waals surface area contributed by atoms with Crippen LogP contribution >= 0.6 is 27.3 Å². The lowest BCUT2D eigenvalue weighted by molar-refractivity contribution is 0.415. The lowest BCUT2D eigenvalue weighted by Gasteiger charge is -2.15. The van der Waals surface area contributed by atoms with Crippen molar-refractivity contribution in [2.45, 2.75) is 25.3 Å². The molecule has 1 aromatic heterocycles. The molecular formula is C14H15BrN2OS. The van der Waals surface area contributed by atoms with Crippen molar-refractivity contribution in [2.75, 3.05) is 7.11 Å². The van der Waals surface area contributed by atoms with Crippen LogP contribution in [0, 0.1) is 0 Å². The van der Waals surface area contributed by atoms with E-state index < -0.39 is 0 Å². The molecule has 1 aliphatic rings. The summed E-state index contributed by atoms with van der Waals surface area (Å²) in [5, 5.41) is 1.02. The quantitative estimate of drug-likeness (QED) is 0.902. The Bertz CT molecular complexity index is 611. The van der Waals surface area contributed by atoms with E-state index in [1.165, 1.54) is 4.88 Å². The molecule has 1 aromatic carbocycles. The second-order valence-corrected chi connectivity index (χ2v) is 6.61. The van der Waals surface area contributed by atoms with Gasteiger partial charge in [0.2, 0.25) is 0 Å². The third-order valence-electron chi connectivity index (χ3n) is 3.40. The van der Waals surface area contributed by atoms with Crippen LogP contribution in [0.25, 0.3) is 10.6 Å². The standard InChI is InChI=1S/C14H15BrN2OS/c1-18-8-5-6-10(15)9(7-8)14-17-13-11(16)3-2-4-12(13)19-14/h5-7,11H,2-4,16H2,1H3. The summed E-state index contributed by atoms with van der Waals surface area (Å²) in [5.74, 6) is 0.843. The highest BCUT2D eigenvalue weighted by Crippen LogP contribution is 2.39. The maximum atomic E-state index is 6.14. The number of methoxy groups -OCH3 is 1. The lowest BCUT2D eigenvalue weighted by Crippen LogP contribution is -2.16. The van der Waals surface area contributed by atoms with Gasteiger partial charge in [-0.15, -0.1) is 11.3 Å². The largest absolute Gasteiger partial charge is 0.497 e. The van der Waals surface area contributed by atoms with Gasteiger partial charge < -0.3 is 10.5 Å². The molecule has 5 heteroatoms. The van der Waals surface area contributed by atoms with Crippen LogP contribution in [0.5, 0.6) is 5.75 Å². The van der Waals surface area contributed by atoms with Crippen LogP contribution in [0.3, 0.4) is 0 Å². The van der Waals surface area contributed by atoms with E-state index in [1.54, 1.807) is 18.4 Å². The number of nitrogens with two attached hydrogens (primary N) is 1. The molecule has 0 radical (unpaired) electrons. The number of thiazole rings is 1. The van der Waals surface area contributed by atoms with Crippen LogP contribution in [-0.2, 0) is 6.42 Å². The summed E-state index contributed by atoms with van der Waals surface area (Å²) in [6, 6.07) is 6.04. The predicted octanol–water partition coefficient (Wildman–Crippen LogP) is 3.92. The number of fused-ring (bicyclic) bond motifs is 1. The van der Waals surface area contributed by atoms with Gasteiger partial charge in [0, 0.05) is 21.0 Å². The number of rotatable bonds is 2. The maximum Gasteiger partial charge on any atom is 0.125 e. The zero-order valence-corrected chi connectivity index (χ0v) is 13.1. The van der Waals surface area contributed by atoms with Crippen LogP contribution < -0.4 is 10.5 Å². The smallest absolute Gasteiger partial charge is 0.125 e. The van der Waals surface area contributed by atoms with Crippen molar-refractivity contribution in [3.8, 4) is 16.3 Å². The molecule has 0 fully saturated rings. The summed E-state index contributed by atoms with van der Waals surface area (Å²) in [7, 11) is 1.68. The van der Waals surface area contributed by atoms with Crippen molar-refractivity contribution < 1.29 is 4.74 Å². The van der Waals surface area contributed by atoms with E-state index in [2.05, 4.69) is 15.9 Å². The van der Waals surface area contributed by atoms with E-state index in [0.717, 1.165) is 45.7 Å². The highest BCUT2D eigenvalue weighted by Gasteiger charge is 2.23. The monoisotopic (exact) mass is 338 g/mol. The van der Waals surface area contributed by atoms with Gasteiger partial charge in [0.05, 0.1) is 12.8 Å². The number of aromatic nitrogens is 1. The molecule has 2 aromatic rings. The number of benzene rings is 1. The minimum Gasteiger partial charge on any atom is -0.497 e. The van der Waals surface area contributed by atoms with Crippen molar-refractivity contribution in [3.63, 3.8) is 0 Å². The Balaban J connectivity index is 2.07. The van der Waals surface area contributed by atoms with E-state index >= 15 is 0 Å². The van der Waals surface area contributed by atoms with Gasteiger partial charge in [-0.25, -0.2) is 4.98 Å². The number of hydrogen-bond donors (Lipinski definition) is 1. The van der Waals surface area contributed by atoms with Crippen LogP contribution in [0.4, 0.5) is 0 Å². The van der Waals surface area contributed by atoms with Crippen molar-refractivity contribution in [2.24, 2.45) is 5.73 Å². The minimum atomic E-state index is 0.0955. The average molecular weight is 339 g/mol. The second-order valence-electron chi connectivity index (χ2n) is 4.67. The number of hydrogen-bond acceptors (Lipinski definition) is 4. The number of halogens is 1. The normalized spacial score (nSPS) is 18.2. The molecule has 0 saturated carbocycles. The Labute approximate surface area is 124 Å². The Hall–Kier alpha value is -0.910. The Morgan fingerprint density at radius 2 is 2.32 bits per heavy atom. The van der Waals surface area contributed by atoms with Gasteiger partial charge in [0.15, 0.2) is 0 Å². The molecule has 0 amide bonds. The number of aryl methyl sites for hydroxylation is 1. The van der Waals surface area contributed by atoms with E-state index in [9.17, 15) is 0 Å². The van der Waals surface area contributed by atoms with Crippen molar-refractivity contribution in [1.29, 1.82) is 0 Å². The van der Waals surface area contributed by atoms with Crippen molar-refractivity contribution >= 4 is 27.3 Å². The Morgan fingerprint density at radius 1 is 1.47 bits per heavy atom. The molecule has 0 bridgehead atoms. The minimum absolute atomic E-state index is 0.0955. The fraction of sp³-hybridized carbons (Fsp3) is 0.357. The third kappa shape index (κ3) is 2.42. The van der Waals surface area contributed by atoms with Crippen molar-refractivity contribution in [3.05, 3.63) is 33.2 Å². The van der Waals surface area contributed by atoms with Crippen molar-refractivity contribution in [1.82, 2.24) is 4.98 Å². The first-order chi connectivity index (χ1) is 9.19. The first kappa shape index (κ1) is 13.1. The number of nitrogens with zero attached hydrogens (tertiary/aromatic N) is 1. The predicted molar refractivity (Wildman–Crippen MR) is 81.7 cm³/mol. The van der Waals surface area contributed by atoms with Crippen LogP contribution in [0.15, 0.2) is 22.7 Å². The average Bonchev–Trinajstić information content (AvgIpc) is 2.84. The van der Waals surface area contributed by atoms with Gasteiger partial charge in [-0.1, -0.05) is 15.9 Å².